The minimum atomic E-state index is -0.387. The molecule has 1 aliphatic rings. The Bertz CT molecular complexity index is 810. The summed E-state index contributed by atoms with van der Waals surface area (Å²) in [5.74, 6) is 1.13. The van der Waals surface area contributed by atoms with E-state index < -0.39 is 0 Å². The lowest BCUT2D eigenvalue weighted by Gasteiger charge is -2.25. The summed E-state index contributed by atoms with van der Waals surface area (Å²) in [5, 5.41) is 6.37. The lowest BCUT2D eigenvalue weighted by atomic mass is 9.93. The topological polar surface area (TPSA) is 59.6 Å². The van der Waals surface area contributed by atoms with Gasteiger partial charge in [0.25, 0.3) is 0 Å². The largest absolute Gasteiger partial charge is 0.497 e. The Hall–Kier alpha value is -2.60. The van der Waals surface area contributed by atoms with Crippen molar-refractivity contribution in [3.8, 4) is 11.5 Å². The molecule has 5 nitrogen and oxygen atoms in total. The van der Waals surface area contributed by atoms with Gasteiger partial charge in [-0.1, -0.05) is 18.6 Å². The number of halogens is 1. The van der Waals surface area contributed by atoms with Crippen LogP contribution in [0.1, 0.15) is 37.7 Å². The average Bonchev–Trinajstić information content (AvgIpc) is 3.16. The van der Waals surface area contributed by atoms with Crippen LogP contribution in [0.15, 0.2) is 42.5 Å². The Morgan fingerprint density at radius 3 is 2.54 bits per heavy atom. The number of ether oxygens (including phenoxy) is 2. The Balaban J connectivity index is 1.66. The SMILES string of the molecule is COc1ccc(OC)c(NC(=O)[C@H](C)N[C@@H]2CCC[C@@H]2c2ccc(F)cc2)c1. The van der Waals surface area contributed by atoms with Crippen LogP contribution >= 0.6 is 0 Å². The van der Waals surface area contributed by atoms with Crippen molar-refractivity contribution in [2.75, 3.05) is 19.5 Å². The van der Waals surface area contributed by atoms with Crippen LogP contribution in [-0.2, 0) is 4.79 Å². The summed E-state index contributed by atoms with van der Waals surface area (Å²) < 4.78 is 23.8. The number of methoxy groups -OCH3 is 2. The number of hydrogen-bond acceptors (Lipinski definition) is 4. The van der Waals surface area contributed by atoms with Crippen LogP contribution in [0.3, 0.4) is 0 Å². The normalized spacial score (nSPS) is 19.9. The van der Waals surface area contributed by atoms with Gasteiger partial charge in [-0.15, -0.1) is 0 Å². The second kappa shape index (κ2) is 9.06. The van der Waals surface area contributed by atoms with Gasteiger partial charge in [-0.2, -0.15) is 0 Å². The molecule has 150 valence electrons. The predicted molar refractivity (Wildman–Crippen MR) is 108 cm³/mol. The van der Waals surface area contributed by atoms with E-state index in [2.05, 4.69) is 10.6 Å². The van der Waals surface area contributed by atoms with Crippen molar-refractivity contribution >= 4 is 11.6 Å². The summed E-state index contributed by atoms with van der Waals surface area (Å²) in [6.07, 6.45) is 3.10. The number of nitrogens with one attached hydrogen (secondary N) is 2. The van der Waals surface area contributed by atoms with Gasteiger partial charge in [0, 0.05) is 12.1 Å². The van der Waals surface area contributed by atoms with E-state index in [0.717, 1.165) is 24.8 Å². The van der Waals surface area contributed by atoms with Crippen LogP contribution in [-0.4, -0.2) is 32.2 Å². The number of hydrogen-bond donors (Lipinski definition) is 2. The summed E-state index contributed by atoms with van der Waals surface area (Å²) >= 11 is 0. The average molecular weight is 386 g/mol. The van der Waals surface area contributed by atoms with Crippen molar-refractivity contribution in [1.29, 1.82) is 0 Å². The highest BCUT2D eigenvalue weighted by Gasteiger charge is 2.31. The van der Waals surface area contributed by atoms with Gasteiger partial charge in [0.1, 0.15) is 17.3 Å². The molecule has 0 aromatic heterocycles. The first-order chi connectivity index (χ1) is 13.5. The number of benzene rings is 2. The van der Waals surface area contributed by atoms with Gasteiger partial charge in [-0.05, 0) is 55.5 Å². The first-order valence-electron chi connectivity index (χ1n) is 9.56. The zero-order valence-corrected chi connectivity index (χ0v) is 16.5. The molecule has 0 aliphatic heterocycles. The molecule has 3 atom stereocenters. The molecule has 0 bridgehead atoms. The fraction of sp³-hybridized carbons (Fsp3) is 0.409. The molecule has 0 spiro atoms. The van der Waals surface area contributed by atoms with Crippen molar-refractivity contribution in [3.63, 3.8) is 0 Å². The van der Waals surface area contributed by atoms with Crippen LogP contribution in [0, 0.1) is 5.82 Å². The van der Waals surface area contributed by atoms with Gasteiger partial charge >= 0.3 is 0 Å². The van der Waals surface area contributed by atoms with E-state index in [0.29, 0.717) is 17.2 Å². The van der Waals surface area contributed by atoms with Crippen LogP contribution in [0.4, 0.5) is 10.1 Å². The molecule has 1 amide bonds. The minimum Gasteiger partial charge on any atom is -0.497 e. The van der Waals surface area contributed by atoms with E-state index in [4.69, 9.17) is 9.47 Å². The zero-order chi connectivity index (χ0) is 20.1. The predicted octanol–water partition coefficient (Wildman–Crippen LogP) is 4.10. The molecule has 1 fully saturated rings. The Morgan fingerprint density at radius 2 is 1.86 bits per heavy atom. The van der Waals surface area contributed by atoms with Gasteiger partial charge in [0.2, 0.25) is 5.91 Å². The maximum atomic E-state index is 13.2. The highest BCUT2D eigenvalue weighted by molar-refractivity contribution is 5.96. The molecule has 3 rings (SSSR count). The molecule has 2 N–H and O–H groups in total. The molecule has 2 aromatic rings. The van der Waals surface area contributed by atoms with Gasteiger partial charge in [0.05, 0.1) is 25.9 Å². The van der Waals surface area contributed by atoms with E-state index in [1.165, 1.54) is 12.1 Å². The van der Waals surface area contributed by atoms with E-state index >= 15 is 0 Å². The Morgan fingerprint density at radius 1 is 1.11 bits per heavy atom. The molecule has 0 radical (unpaired) electrons. The number of carbonyl (C=O) groups is 1. The quantitative estimate of drug-likeness (QED) is 0.752. The lowest BCUT2D eigenvalue weighted by Crippen LogP contribution is -2.44. The first-order valence-corrected chi connectivity index (χ1v) is 9.56. The van der Waals surface area contributed by atoms with Gasteiger partial charge in [0.15, 0.2) is 0 Å². The molecule has 28 heavy (non-hydrogen) atoms. The maximum Gasteiger partial charge on any atom is 0.241 e. The summed E-state index contributed by atoms with van der Waals surface area (Å²) in [5.41, 5.74) is 1.68. The standard InChI is InChI=1S/C22H27FN2O3/c1-14(22(26)25-20-13-17(27-2)11-12-21(20)28-3)24-19-6-4-5-18(19)15-7-9-16(23)10-8-15/h7-14,18-19,24H,4-6H2,1-3H3,(H,25,26)/t14-,18+,19+/m0/s1. The Labute approximate surface area is 165 Å². The molecule has 0 saturated heterocycles. The van der Waals surface area contributed by atoms with Crippen molar-refractivity contribution in [1.82, 2.24) is 5.32 Å². The van der Waals surface area contributed by atoms with E-state index in [1.54, 1.807) is 32.4 Å². The number of amides is 1. The molecule has 1 aliphatic carbocycles. The van der Waals surface area contributed by atoms with E-state index in [1.807, 2.05) is 19.1 Å². The molecule has 6 heteroatoms. The van der Waals surface area contributed by atoms with Crippen molar-refractivity contribution in [2.24, 2.45) is 0 Å². The second-order valence-corrected chi connectivity index (χ2v) is 7.14. The third-order valence-corrected chi connectivity index (χ3v) is 5.34. The van der Waals surface area contributed by atoms with E-state index in [-0.39, 0.29) is 29.7 Å². The van der Waals surface area contributed by atoms with Crippen molar-refractivity contribution in [2.45, 2.75) is 44.2 Å². The zero-order valence-electron chi connectivity index (χ0n) is 16.5. The van der Waals surface area contributed by atoms with Gasteiger partial charge in [-0.3, -0.25) is 4.79 Å². The summed E-state index contributed by atoms with van der Waals surface area (Å²) in [7, 11) is 3.14. The van der Waals surface area contributed by atoms with Gasteiger partial charge in [-0.25, -0.2) is 4.39 Å². The fourth-order valence-corrected chi connectivity index (χ4v) is 3.82. The first kappa shape index (κ1) is 20.1. The molecular formula is C22H27FN2O3. The minimum absolute atomic E-state index is 0.142. The highest BCUT2D eigenvalue weighted by Crippen LogP contribution is 2.35. The number of carbonyl (C=O) groups excluding carboxylic acids is 1. The third kappa shape index (κ3) is 4.62. The van der Waals surface area contributed by atoms with Crippen molar-refractivity contribution < 1.29 is 18.7 Å². The van der Waals surface area contributed by atoms with Crippen molar-refractivity contribution in [3.05, 3.63) is 53.8 Å². The highest BCUT2D eigenvalue weighted by atomic mass is 19.1. The summed E-state index contributed by atoms with van der Waals surface area (Å²) in [4.78, 5) is 12.7. The van der Waals surface area contributed by atoms with Crippen LogP contribution in [0.5, 0.6) is 11.5 Å². The summed E-state index contributed by atoms with van der Waals surface area (Å²) in [6.45, 7) is 1.85. The number of rotatable bonds is 7. The van der Waals surface area contributed by atoms with Crippen LogP contribution in [0.2, 0.25) is 0 Å². The summed E-state index contributed by atoms with van der Waals surface area (Å²) in [6, 6.07) is 11.7. The third-order valence-electron chi connectivity index (χ3n) is 5.34. The molecule has 2 aromatic carbocycles. The Kier molecular flexibility index (Phi) is 6.52. The molecule has 0 heterocycles. The lowest BCUT2D eigenvalue weighted by molar-refractivity contribution is -0.118. The smallest absolute Gasteiger partial charge is 0.241 e. The maximum absolute atomic E-state index is 13.2. The van der Waals surface area contributed by atoms with Crippen LogP contribution < -0.4 is 20.1 Å². The fourth-order valence-electron chi connectivity index (χ4n) is 3.82. The van der Waals surface area contributed by atoms with Crippen LogP contribution in [0.25, 0.3) is 0 Å². The second-order valence-electron chi connectivity index (χ2n) is 7.14. The molecular weight excluding hydrogens is 359 g/mol. The van der Waals surface area contributed by atoms with Gasteiger partial charge < -0.3 is 20.1 Å². The monoisotopic (exact) mass is 386 g/mol. The number of anilines is 1. The van der Waals surface area contributed by atoms with E-state index in [9.17, 15) is 9.18 Å². The molecule has 0 unspecified atom stereocenters. The molecule has 1 saturated carbocycles.